The average Bonchev–Trinajstić information content (AvgIpc) is 2.88. The Kier molecular flexibility index (Phi) is 26.7. The second-order valence-electron chi connectivity index (χ2n) is 9.44. The summed E-state index contributed by atoms with van der Waals surface area (Å²) in [5.41, 5.74) is -1.09. The van der Waals surface area contributed by atoms with E-state index in [1.165, 1.54) is 4.90 Å². The van der Waals surface area contributed by atoms with E-state index in [9.17, 15) is 33.6 Å². The van der Waals surface area contributed by atoms with Crippen LogP contribution in [0, 0.1) is 11.3 Å². The number of urea groups is 1. The molecule has 1 rings (SSSR count). The van der Waals surface area contributed by atoms with Crippen LogP contribution in [-0.4, -0.2) is 126 Å². The van der Waals surface area contributed by atoms with Crippen LogP contribution in [0.2, 0.25) is 0 Å². The zero-order chi connectivity index (χ0) is 33.6. The third-order valence-electron chi connectivity index (χ3n) is 6.26. The van der Waals surface area contributed by atoms with E-state index in [2.05, 4.69) is 10.6 Å². The standard InChI is InChI=1S/C12H20N2O8.C11H18N2O3.C4H10O.Na.H/c1-2-22-12(21)8-14(7-11(19)20)4-3-13(5-9(15)16)6-10(17)18;1-4-6-7(3)11(5-2)8(14)12-10(16)13-9(11)15;1-3-5-4-2;;/h2-8H2,1H3,(H,15,16)(H,17,18)(H,19,20);7H,4-6H2,1-3H3,(H2,12,13,14,15,16);3-4H2,1-2H3;;/q;;;+1;-1. The van der Waals surface area contributed by atoms with Gasteiger partial charge in [0.05, 0.1) is 32.8 Å². The maximum absolute atomic E-state index is 11.9. The largest absolute Gasteiger partial charge is 1.00 e. The van der Waals surface area contributed by atoms with Gasteiger partial charge in [0.25, 0.3) is 0 Å². The van der Waals surface area contributed by atoms with Crippen molar-refractivity contribution in [1.82, 2.24) is 20.4 Å². The van der Waals surface area contributed by atoms with Gasteiger partial charge in [0.1, 0.15) is 5.41 Å². The first-order valence-electron chi connectivity index (χ1n) is 14.1. The molecule has 1 aliphatic heterocycles. The molecule has 1 atom stereocenters. The van der Waals surface area contributed by atoms with Gasteiger partial charge in [-0.1, -0.05) is 27.2 Å². The number of nitrogens with zero attached hydrogens (tertiary/aromatic N) is 2. The number of carbonyl (C=O) groups excluding carboxylic acids is 4. The third-order valence-corrected chi connectivity index (χ3v) is 6.26. The van der Waals surface area contributed by atoms with Crippen LogP contribution in [-0.2, 0) is 38.2 Å². The summed E-state index contributed by atoms with van der Waals surface area (Å²) in [5, 5.41) is 30.6. The number of rotatable bonds is 18. The summed E-state index contributed by atoms with van der Waals surface area (Å²) in [4.78, 5) is 80.6. The molecule has 0 aromatic rings. The Labute approximate surface area is 281 Å². The van der Waals surface area contributed by atoms with Crippen LogP contribution in [0.15, 0.2) is 0 Å². The molecule has 44 heavy (non-hydrogen) atoms. The molecule has 16 nitrogen and oxygen atoms in total. The van der Waals surface area contributed by atoms with Gasteiger partial charge >= 0.3 is 59.5 Å². The molecule has 0 aromatic carbocycles. The number of esters is 1. The van der Waals surface area contributed by atoms with E-state index in [1.54, 1.807) is 13.8 Å². The summed E-state index contributed by atoms with van der Waals surface area (Å²) in [5.74, 6) is -5.17. The van der Waals surface area contributed by atoms with Gasteiger partial charge in [0, 0.05) is 26.3 Å². The molecule has 0 saturated carbocycles. The van der Waals surface area contributed by atoms with E-state index in [4.69, 9.17) is 24.8 Å². The van der Waals surface area contributed by atoms with Crippen molar-refractivity contribution in [3.8, 4) is 0 Å². The normalized spacial score (nSPS) is 14.0. The molecule has 1 heterocycles. The van der Waals surface area contributed by atoms with Gasteiger partial charge in [-0.25, -0.2) is 4.79 Å². The molecule has 0 aliphatic carbocycles. The number of nitrogens with one attached hydrogen (secondary N) is 2. The fourth-order valence-corrected chi connectivity index (χ4v) is 4.24. The molecule has 1 fully saturated rings. The molecule has 250 valence electrons. The fraction of sp³-hybridized carbons (Fsp3) is 0.741. The molecule has 5 N–H and O–H groups in total. The molecule has 0 spiro atoms. The van der Waals surface area contributed by atoms with E-state index < -0.39 is 66.8 Å². The monoisotopic (exact) mass is 644 g/mol. The molecule has 0 bridgehead atoms. The van der Waals surface area contributed by atoms with Crippen LogP contribution in [0.4, 0.5) is 4.79 Å². The molecule has 1 unspecified atom stereocenters. The first kappa shape index (κ1) is 45.8. The van der Waals surface area contributed by atoms with Gasteiger partial charge in [0.2, 0.25) is 11.8 Å². The topological polar surface area (TPSA) is 229 Å². The summed E-state index contributed by atoms with van der Waals surface area (Å²) >= 11 is 0. The number of aliphatic carboxylic acids is 3. The Balaban J connectivity index is -0.000000321. The van der Waals surface area contributed by atoms with Crippen molar-refractivity contribution in [3.05, 3.63) is 0 Å². The molecular weight excluding hydrogens is 595 g/mol. The number of amides is 4. The number of imide groups is 2. The average molecular weight is 645 g/mol. The minimum atomic E-state index is -1.20. The van der Waals surface area contributed by atoms with Crippen molar-refractivity contribution in [3.63, 3.8) is 0 Å². The van der Waals surface area contributed by atoms with Gasteiger partial charge in [-0.3, -0.25) is 49.2 Å². The van der Waals surface area contributed by atoms with Gasteiger partial charge in [-0.05, 0) is 39.5 Å². The van der Waals surface area contributed by atoms with Crippen LogP contribution in [0.25, 0.3) is 0 Å². The fourth-order valence-electron chi connectivity index (χ4n) is 4.24. The molecule has 0 radical (unpaired) electrons. The number of carboxylic acid groups (broad SMARTS) is 3. The first-order chi connectivity index (χ1) is 20.1. The van der Waals surface area contributed by atoms with Gasteiger partial charge in [-0.15, -0.1) is 0 Å². The van der Waals surface area contributed by atoms with Gasteiger partial charge < -0.3 is 26.2 Å². The number of carbonyl (C=O) groups is 7. The first-order valence-corrected chi connectivity index (χ1v) is 14.1. The van der Waals surface area contributed by atoms with Crippen LogP contribution < -0.4 is 40.2 Å². The quantitative estimate of drug-likeness (QED) is 0.0603. The Bertz CT molecular complexity index is 903. The molecule has 0 aromatic heterocycles. The predicted octanol–water partition coefficient (Wildman–Crippen LogP) is -2.25. The van der Waals surface area contributed by atoms with Crippen LogP contribution in [0.1, 0.15) is 62.2 Å². The second kappa shape index (κ2) is 25.7. The molecular formula is C27H49N4NaO12. The Morgan fingerprint density at radius 2 is 1.18 bits per heavy atom. The van der Waals surface area contributed by atoms with E-state index in [0.29, 0.717) is 6.42 Å². The van der Waals surface area contributed by atoms with Crippen molar-refractivity contribution in [2.45, 2.75) is 60.8 Å². The molecule has 17 heteroatoms. The zero-order valence-corrected chi connectivity index (χ0v) is 29.0. The molecule has 4 amide bonds. The van der Waals surface area contributed by atoms with Crippen molar-refractivity contribution in [1.29, 1.82) is 0 Å². The van der Waals surface area contributed by atoms with Gasteiger partial charge in [0.15, 0.2) is 0 Å². The number of barbiturate groups is 1. The Morgan fingerprint density at radius 3 is 1.48 bits per heavy atom. The van der Waals surface area contributed by atoms with E-state index in [-0.39, 0.29) is 63.1 Å². The zero-order valence-electron chi connectivity index (χ0n) is 28.0. The third kappa shape index (κ3) is 18.9. The minimum Gasteiger partial charge on any atom is -1.00 e. The molecule has 1 aliphatic rings. The summed E-state index contributed by atoms with van der Waals surface area (Å²) < 4.78 is 9.55. The van der Waals surface area contributed by atoms with Crippen molar-refractivity contribution in [2.24, 2.45) is 11.3 Å². The van der Waals surface area contributed by atoms with Crippen molar-refractivity contribution < 1.29 is 89.3 Å². The summed E-state index contributed by atoms with van der Waals surface area (Å²) in [6, 6.07) is -0.720. The van der Waals surface area contributed by atoms with E-state index in [0.717, 1.165) is 31.0 Å². The van der Waals surface area contributed by atoms with Crippen LogP contribution in [0.5, 0.6) is 0 Å². The number of hydrogen-bond donors (Lipinski definition) is 5. The number of hydrogen-bond acceptors (Lipinski definition) is 11. The maximum Gasteiger partial charge on any atom is 1.00 e. The number of carboxylic acids is 3. The summed E-state index contributed by atoms with van der Waals surface area (Å²) in [6.07, 6.45) is 2.08. The van der Waals surface area contributed by atoms with Gasteiger partial charge in [-0.2, -0.15) is 0 Å². The van der Waals surface area contributed by atoms with E-state index in [1.807, 2.05) is 27.7 Å². The van der Waals surface area contributed by atoms with Crippen molar-refractivity contribution >= 4 is 41.7 Å². The summed E-state index contributed by atoms with van der Waals surface area (Å²) in [6.45, 7) is 11.4. The minimum absolute atomic E-state index is 0. The molecule has 1 saturated heterocycles. The second-order valence-corrected chi connectivity index (χ2v) is 9.44. The Hall–Kier alpha value is -2.63. The number of ether oxygens (including phenoxy) is 2. The van der Waals surface area contributed by atoms with E-state index >= 15 is 0 Å². The smallest absolute Gasteiger partial charge is 1.00 e. The Morgan fingerprint density at radius 1 is 0.773 bits per heavy atom. The maximum atomic E-state index is 11.9. The van der Waals surface area contributed by atoms with Crippen LogP contribution in [0.3, 0.4) is 0 Å². The van der Waals surface area contributed by atoms with Crippen LogP contribution >= 0.6 is 0 Å². The predicted molar refractivity (Wildman–Crippen MR) is 154 cm³/mol. The SMILES string of the molecule is CCCC(C)C1(CC)C(=O)NC(=O)NC1=O.CCOC(=O)CN(CCN(CC(=O)O)CC(=O)O)CC(=O)O.CCOCC.[H-].[Na+]. The summed E-state index contributed by atoms with van der Waals surface area (Å²) in [7, 11) is 0. The van der Waals surface area contributed by atoms with Crippen molar-refractivity contribution in [2.75, 3.05) is 59.1 Å².